The smallest absolute Gasteiger partial charge is 0.259 e. The molecular weight excluding hydrogens is 332 g/mol. The molecule has 2 aromatic rings. The minimum Gasteiger partial charge on any atom is -0.490 e. The molecule has 0 saturated carbocycles. The van der Waals surface area contributed by atoms with E-state index in [1.165, 1.54) is 0 Å². The number of aliphatic hydroxyl groups is 1. The van der Waals surface area contributed by atoms with E-state index in [1.54, 1.807) is 18.2 Å². The largest absolute Gasteiger partial charge is 0.490 e. The Hall–Kier alpha value is -2.41. The molecule has 0 radical (unpaired) electrons. The van der Waals surface area contributed by atoms with Crippen molar-refractivity contribution < 1.29 is 19.4 Å². The molecular formula is C20H24N2O4. The fourth-order valence-corrected chi connectivity index (χ4v) is 2.82. The van der Waals surface area contributed by atoms with Crippen molar-refractivity contribution in [1.29, 1.82) is 0 Å². The summed E-state index contributed by atoms with van der Waals surface area (Å²) in [7, 11) is 0. The molecule has 1 aliphatic rings. The second kappa shape index (κ2) is 9.33. The highest BCUT2D eigenvalue weighted by Gasteiger charge is 2.17. The lowest BCUT2D eigenvalue weighted by Crippen LogP contribution is -2.42. The van der Waals surface area contributed by atoms with Gasteiger partial charge in [-0.25, -0.2) is 0 Å². The highest BCUT2D eigenvalue weighted by Crippen LogP contribution is 2.20. The number of carbonyl (C=O) groups excluding carboxylic acids is 1. The molecule has 6 heteroatoms. The van der Waals surface area contributed by atoms with Gasteiger partial charge < -0.3 is 19.9 Å². The van der Waals surface area contributed by atoms with Crippen molar-refractivity contribution in [3.8, 4) is 5.75 Å². The van der Waals surface area contributed by atoms with Crippen LogP contribution in [0.1, 0.15) is 10.4 Å². The third kappa shape index (κ3) is 5.29. The maximum absolute atomic E-state index is 12.5. The minimum atomic E-state index is -0.627. The topological polar surface area (TPSA) is 71.0 Å². The number of morpholine rings is 1. The Kier molecular flexibility index (Phi) is 6.60. The first-order valence-electron chi connectivity index (χ1n) is 8.79. The minimum absolute atomic E-state index is 0.132. The second-order valence-corrected chi connectivity index (χ2v) is 6.19. The Morgan fingerprint density at radius 3 is 2.58 bits per heavy atom. The van der Waals surface area contributed by atoms with Gasteiger partial charge in [0.05, 0.1) is 18.8 Å². The summed E-state index contributed by atoms with van der Waals surface area (Å²) in [6, 6.07) is 16.3. The maximum Gasteiger partial charge on any atom is 0.259 e. The number of rotatable bonds is 7. The van der Waals surface area contributed by atoms with E-state index in [0.717, 1.165) is 18.8 Å². The molecule has 2 aromatic carbocycles. The first-order chi connectivity index (χ1) is 12.7. The zero-order chi connectivity index (χ0) is 18.2. The van der Waals surface area contributed by atoms with Crippen molar-refractivity contribution >= 4 is 11.6 Å². The van der Waals surface area contributed by atoms with Crippen LogP contribution in [0.15, 0.2) is 54.6 Å². The number of hydrogen-bond donors (Lipinski definition) is 2. The first-order valence-corrected chi connectivity index (χ1v) is 8.79. The van der Waals surface area contributed by atoms with Gasteiger partial charge in [0.25, 0.3) is 5.91 Å². The molecule has 26 heavy (non-hydrogen) atoms. The zero-order valence-electron chi connectivity index (χ0n) is 14.6. The summed E-state index contributed by atoms with van der Waals surface area (Å²) in [5.41, 5.74) is 1.16. The van der Waals surface area contributed by atoms with Crippen LogP contribution in [0.3, 0.4) is 0 Å². The van der Waals surface area contributed by atoms with Gasteiger partial charge in [-0.1, -0.05) is 30.3 Å². The van der Waals surface area contributed by atoms with Crippen molar-refractivity contribution in [2.75, 3.05) is 44.8 Å². The number of anilines is 1. The van der Waals surface area contributed by atoms with Crippen LogP contribution in [0.2, 0.25) is 0 Å². The number of hydrogen-bond acceptors (Lipinski definition) is 5. The van der Waals surface area contributed by atoms with Gasteiger partial charge in [-0.05, 0) is 24.3 Å². The summed E-state index contributed by atoms with van der Waals surface area (Å²) in [5.74, 6) is 0.219. The van der Waals surface area contributed by atoms with Crippen LogP contribution in [0, 0.1) is 0 Å². The van der Waals surface area contributed by atoms with Crippen molar-refractivity contribution in [1.82, 2.24) is 4.90 Å². The molecule has 138 valence electrons. The SMILES string of the molecule is O=C(Nc1ccccc1)c1ccccc1OC[C@@H](O)CN1CCOCC1. The van der Waals surface area contributed by atoms with E-state index in [1.807, 2.05) is 36.4 Å². The summed E-state index contributed by atoms with van der Waals surface area (Å²) < 4.78 is 11.0. The molecule has 0 unspecified atom stereocenters. The van der Waals surface area contributed by atoms with Crippen LogP contribution in [-0.2, 0) is 4.74 Å². The Morgan fingerprint density at radius 1 is 1.12 bits per heavy atom. The molecule has 0 aromatic heterocycles. The van der Waals surface area contributed by atoms with Gasteiger partial charge in [0.1, 0.15) is 18.5 Å². The second-order valence-electron chi connectivity index (χ2n) is 6.19. The molecule has 6 nitrogen and oxygen atoms in total. The summed E-state index contributed by atoms with van der Waals surface area (Å²) in [6.07, 6.45) is -0.627. The average molecular weight is 356 g/mol. The fourth-order valence-electron chi connectivity index (χ4n) is 2.82. The number of benzene rings is 2. The van der Waals surface area contributed by atoms with E-state index in [9.17, 15) is 9.90 Å². The molecule has 1 amide bonds. The number of nitrogens with zero attached hydrogens (tertiary/aromatic N) is 1. The number of aliphatic hydroxyl groups excluding tert-OH is 1. The molecule has 1 heterocycles. The van der Waals surface area contributed by atoms with Crippen LogP contribution in [-0.4, -0.2) is 61.5 Å². The van der Waals surface area contributed by atoms with E-state index in [4.69, 9.17) is 9.47 Å². The molecule has 1 atom stereocenters. The lowest BCUT2D eigenvalue weighted by atomic mass is 10.2. The first kappa shape index (κ1) is 18.4. The van der Waals surface area contributed by atoms with Crippen molar-refractivity contribution in [3.05, 3.63) is 60.2 Å². The van der Waals surface area contributed by atoms with Gasteiger partial charge in [-0.2, -0.15) is 0 Å². The lowest BCUT2D eigenvalue weighted by Gasteiger charge is -2.28. The standard InChI is InChI=1S/C20H24N2O4/c23-17(14-22-10-12-25-13-11-22)15-26-19-9-5-4-8-18(19)20(24)21-16-6-2-1-3-7-16/h1-9,17,23H,10-15H2,(H,21,24)/t17-/m0/s1. The average Bonchev–Trinajstić information content (AvgIpc) is 2.68. The summed E-state index contributed by atoms with van der Waals surface area (Å²) in [5, 5.41) is 13.1. The molecule has 1 saturated heterocycles. The monoisotopic (exact) mass is 356 g/mol. The van der Waals surface area contributed by atoms with Gasteiger partial charge in [-0.3, -0.25) is 9.69 Å². The zero-order valence-corrected chi connectivity index (χ0v) is 14.6. The normalized spacial score (nSPS) is 16.0. The number of amides is 1. The summed E-state index contributed by atoms with van der Waals surface area (Å²) in [4.78, 5) is 14.7. The van der Waals surface area contributed by atoms with E-state index in [0.29, 0.717) is 31.1 Å². The molecule has 1 aliphatic heterocycles. The highest BCUT2D eigenvalue weighted by molar-refractivity contribution is 6.06. The Labute approximate surface area is 153 Å². The Bertz CT molecular complexity index is 702. The quantitative estimate of drug-likeness (QED) is 0.794. The van der Waals surface area contributed by atoms with Crippen LogP contribution < -0.4 is 10.1 Å². The van der Waals surface area contributed by atoms with Crippen molar-refractivity contribution in [2.45, 2.75) is 6.10 Å². The fraction of sp³-hybridized carbons (Fsp3) is 0.350. The van der Waals surface area contributed by atoms with E-state index >= 15 is 0 Å². The van der Waals surface area contributed by atoms with Gasteiger partial charge >= 0.3 is 0 Å². The summed E-state index contributed by atoms with van der Waals surface area (Å²) in [6.45, 7) is 3.67. The van der Waals surface area contributed by atoms with Crippen LogP contribution >= 0.6 is 0 Å². The van der Waals surface area contributed by atoms with Crippen molar-refractivity contribution in [3.63, 3.8) is 0 Å². The molecule has 0 bridgehead atoms. The van der Waals surface area contributed by atoms with Gasteiger partial charge in [-0.15, -0.1) is 0 Å². The lowest BCUT2D eigenvalue weighted by molar-refractivity contribution is 0.00458. The van der Waals surface area contributed by atoms with Crippen LogP contribution in [0.5, 0.6) is 5.75 Å². The third-order valence-corrected chi connectivity index (χ3v) is 4.17. The predicted molar refractivity (Wildman–Crippen MR) is 99.6 cm³/mol. The molecule has 3 rings (SSSR count). The van der Waals surface area contributed by atoms with E-state index in [-0.39, 0.29) is 12.5 Å². The Morgan fingerprint density at radius 2 is 1.81 bits per heavy atom. The van der Waals surface area contributed by atoms with Gasteiger partial charge in [0.2, 0.25) is 0 Å². The van der Waals surface area contributed by atoms with Crippen LogP contribution in [0.25, 0.3) is 0 Å². The van der Waals surface area contributed by atoms with Gasteiger partial charge in [0, 0.05) is 25.3 Å². The molecule has 1 fully saturated rings. The van der Waals surface area contributed by atoms with Crippen molar-refractivity contribution in [2.24, 2.45) is 0 Å². The number of para-hydroxylation sites is 2. The number of ether oxygens (including phenoxy) is 2. The number of β-amino-alcohol motifs (C(OH)–C–C–N with tert-alkyl or cyclic N) is 1. The third-order valence-electron chi connectivity index (χ3n) is 4.17. The van der Waals surface area contributed by atoms with E-state index in [2.05, 4.69) is 10.2 Å². The molecule has 0 spiro atoms. The molecule has 0 aliphatic carbocycles. The molecule has 2 N–H and O–H groups in total. The van der Waals surface area contributed by atoms with Crippen LogP contribution in [0.4, 0.5) is 5.69 Å². The summed E-state index contributed by atoms with van der Waals surface area (Å²) >= 11 is 0. The number of nitrogens with one attached hydrogen (secondary N) is 1. The Balaban J connectivity index is 1.57. The van der Waals surface area contributed by atoms with E-state index < -0.39 is 6.10 Å². The number of carbonyl (C=O) groups is 1. The van der Waals surface area contributed by atoms with Gasteiger partial charge in [0.15, 0.2) is 0 Å². The highest BCUT2D eigenvalue weighted by atomic mass is 16.5. The predicted octanol–water partition coefficient (Wildman–Crippen LogP) is 2.01. The maximum atomic E-state index is 12.5.